The minimum atomic E-state index is -0.301. The molecule has 0 saturated heterocycles. The lowest BCUT2D eigenvalue weighted by Crippen LogP contribution is -2.33. The summed E-state index contributed by atoms with van der Waals surface area (Å²) in [6, 6.07) is 65.3. The van der Waals surface area contributed by atoms with Crippen LogP contribution < -0.4 is 5.32 Å². The molecule has 1 aliphatic heterocycles. The highest BCUT2D eigenvalue weighted by Gasteiger charge is 2.24. The highest BCUT2D eigenvalue weighted by Crippen LogP contribution is 2.46. The van der Waals surface area contributed by atoms with E-state index in [0.29, 0.717) is 0 Å². The first-order valence-corrected chi connectivity index (χ1v) is 20.8. The van der Waals surface area contributed by atoms with Crippen LogP contribution in [0.1, 0.15) is 22.9 Å². The van der Waals surface area contributed by atoms with Gasteiger partial charge in [0, 0.05) is 63.1 Å². The topological polar surface area (TPSA) is 41.7 Å². The Morgan fingerprint density at radius 3 is 1.82 bits per heavy atom. The van der Waals surface area contributed by atoms with Crippen LogP contribution in [-0.2, 0) is 0 Å². The van der Waals surface area contributed by atoms with Crippen LogP contribution in [0.25, 0.3) is 79.0 Å². The van der Waals surface area contributed by atoms with Crippen molar-refractivity contribution in [3.05, 3.63) is 199 Å². The summed E-state index contributed by atoms with van der Waals surface area (Å²) in [4.78, 5) is 10.3. The van der Waals surface area contributed by atoms with Crippen LogP contribution in [0.4, 0.5) is 0 Å². The molecule has 3 aromatic heterocycles. The Labute approximate surface area is 336 Å². The minimum absolute atomic E-state index is 0.301. The number of hydrogen-bond donors (Lipinski definition) is 1. The number of benzene rings is 8. The quantitative estimate of drug-likeness (QED) is 0.186. The zero-order valence-corrected chi connectivity index (χ0v) is 32.2. The predicted molar refractivity (Wildman–Crippen MR) is 244 cm³/mol. The lowest BCUT2D eigenvalue weighted by Gasteiger charge is -2.24. The Morgan fingerprint density at radius 2 is 1.07 bits per heavy atom. The minimum Gasteiger partial charge on any atom is -0.344 e. The van der Waals surface area contributed by atoms with Crippen molar-refractivity contribution in [2.24, 2.45) is 9.98 Å². The van der Waals surface area contributed by atoms with Crippen LogP contribution in [0.15, 0.2) is 192 Å². The summed E-state index contributed by atoms with van der Waals surface area (Å²) in [5.41, 5.74) is 9.34. The summed E-state index contributed by atoms with van der Waals surface area (Å²) in [5, 5.41) is 11.3. The molecule has 0 spiro atoms. The van der Waals surface area contributed by atoms with Crippen molar-refractivity contribution in [2.75, 3.05) is 0 Å². The van der Waals surface area contributed by atoms with Gasteiger partial charge in [-0.05, 0) is 41.5 Å². The number of para-hydroxylation sites is 2. The average molecular weight is 765 g/mol. The number of amidine groups is 2. The molecule has 1 unspecified atom stereocenters. The number of hydrogen-bond acceptors (Lipinski definition) is 5. The van der Waals surface area contributed by atoms with E-state index in [0.717, 1.165) is 28.4 Å². The molecule has 1 aliphatic rings. The van der Waals surface area contributed by atoms with Gasteiger partial charge >= 0.3 is 0 Å². The van der Waals surface area contributed by atoms with Gasteiger partial charge in [-0.3, -0.25) is 0 Å². The summed E-state index contributed by atoms with van der Waals surface area (Å²) < 4.78 is 7.56. The molecule has 6 heteroatoms. The van der Waals surface area contributed by atoms with Gasteiger partial charge in [0.25, 0.3) is 0 Å². The van der Waals surface area contributed by atoms with Gasteiger partial charge in [-0.15, -0.1) is 22.7 Å². The average Bonchev–Trinajstić information content (AvgIpc) is 3.96. The van der Waals surface area contributed by atoms with Gasteiger partial charge in [0.05, 0.1) is 21.4 Å². The number of nitrogens with one attached hydrogen (secondary N) is 1. The predicted octanol–water partition coefficient (Wildman–Crippen LogP) is 13.7. The number of fused-ring (bicyclic) bond motifs is 9. The van der Waals surface area contributed by atoms with Crippen LogP contribution >= 0.6 is 22.7 Å². The third kappa shape index (κ3) is 5.11. The van der Waals surface area contributed by atoms with Crippen LogP contribution in [0, 0.1) is 0 Å². The molecule has 11 aromatic rings. The number of rotatable bonds is 5. The normalized spacial score (nSPS) is 14.5. The molecule has 268 valence electrons. The van der Waals surface area contributed by atoms with Gasteiger partial charge in [-0.25, -0.2) is 9.98 Å². The maximum Gasteiger partial charge on any atom is 0.159 e. The Balaban J connectivity index is 1.000. The molecule has 57 heavy (non-hydrogen) atoms. The number of thiophene rings is 2. The number of nitrogens with zero attached hydrogens (tertiary/aromatic N) is 3. The Bertz CT molecular complexity index is 3390. The van der Waals surface area contributed by atoms with Gasteiger partial charge < -0.3 is 9.88 Å². The molecule has 1 N–H and O–H groups in total. The largest absolute Gasteiger partial charge is 0.344 e. The first-order valence-electron chi connectivity index (χ1n) is 19.2. The van der Waals surface area contributed by atoms with E-state index in [1.165, 1.54) is 79.0 Å². The van der Waals surface area contributed by atoms with Crippen molar-refractivity contribution in [2.45, 2.75) is 6.17 Å². The molecule has 0 aliphatic carbocycles. The molecule has 1 atom stereocenters. The summed E-state index contributed by atoms with van der Waals surface area (Å²) in [6.07, 6.45) is -0.301. The van der Waals surface area contributed by atoms with Crippen molar-refractivity contribution < 1.29 is 0 Å². The molecular formula is C51H32N4S2. The maximum atomic E-state index is 5.24. The van der Waals surface area contributed by atoms with Crippen molar-refractivity contribution in [3.63, 3.8) is 0 Å². The highest BCUT2D eigenvalue weighted by atomic mass is 32.1. The molecule has 0 amide bonds. The fourth-order valence-corrected chi connectivity index (χ4v) is 11.2. The Hall–Kier alpha value is -6.86. The van der Waals surface area contributed by atoms with E-state index in [1.807, 2.05) is 46.9 Å². The third-order valence-corrected chi connectivity index (χ3v) is 13.8. The number of aliphatic imine (C=N–C) groups is 2. The summed E-state index contributed by atoms with van der Waals surface area (Å²) in [5.74, 6) is 1.56. The van der Waals surface area contributed by atoms with Gasteiger partial charge in [0.1, 0.15) is 12.0 Å². The molecule has 0 saturated carbocycles. The molecule has 0 fully saturated rings. The smallest absolute Gasteiger partial charge is 0.159 e. The van der Waals surface area contributed by atoms with Gasteiger partial charge in [0.2, 0.25) is 0 Å². The molecule has 4 nitrogen and oxygen atoms in total. The van der Waals surface area contributed by atoms with Crippen LogP contribution in [0.2, 0.25) is 0 Å². The van der Waals surface area contributed by atoms with Crippen LogP contribution in [0.3, 0.4) is 0 Å². The zero-order valence-electron chi connectivity index (χ0n) is 30.6. The lowest BCUT2D eigenvalue weighted by atomic mass is 10.00. The second-order valence-electron chi connectivity index (χ2n) is 14.5. The van der Waals surface area contributed by atoms with Crippen molar-refractivity contribution in [1.82, 2.24) is 9.88 Å². The first-order chi connectivity index (χ1) is 28.3. The molecular weight excluding hydrogens is 733 g/mol. The fraction of sp³-hybridized carbons (Fsp3) is 0.0196. The maximum absolute atomic E-state index is 5.24. The second-order valence-corrected chi connectivity index (χ2v) is 16.6. The summed E-state index contributed by atoms with van der Waals surface area (Å²) >= 11 is 3.74. The van der Waals surface area contributed by atoms with E-state index in [1.54, 1.807) is 0 Å². The lowest BCUT2D eigenvalue weighted by molar-refractivity contribution is 0.680. The fourth-order valence-electron chi connectivity index (χ4n) is 8.66. The molecule has 0 radical (unpaired) electrons. The van der Waals surface area contributed by atoms with Crippen molar-refractivity contribution >= 4 is 96.5 Å². The molecule has 12 rings (SSSR count). The van der Waals surface area contributed by atoms with E-state index in [2.05, 4.69) is 168 Å². The SMILES string of the molecule is c1ccc(C2=NC(c3cccc4c3sc3c(-c5ccc6sc7c(-n8c9ccccc9c9ccccc98)cccc7c6c5)cccc34)NC(c3ccccc3)=N2)cc1. The van der Waals surface area contributed by atoms with Gasteiger partial charge in [0.15, 0.2) is 5.84 Å². The highest BCUT2D eigenvalue weighted by molar-refractivity contribution is 7.27. The van der Waals surface area contributed by atoms with E-state index >= 15 is 0 Å². The monoisotopic (exact) mass is 764 g/mol. The van der Waals surface area contributed by atoms with E-state index in [9.17, 15) is 0 Å². The van der Waals surface area contributed by atoms with Crippen molar-refractivity contribution in [1.29, 1.82) is 0 Å². The van der Waals surface area contributed by atoms with Crippen LogP contribution in [0.5, 0.6) is 0 Å². The summed E-state index contributed by atoms with van der Waals surface area (Å²) in [6.45, 7) is 0. The molecule has 8 aromatic carbocycles. The second kappa shape index (κ2) is 12.8. The van der Waals surface area contributed by atoms with E-state index < -0.39 is 0 Å². The molecule has 0 bridgehead atoms. The first kappa shape index (κ1) is 32.4. The van der Waals surface area contributed by atoms with E-state index in [4.69, 9.17) is 9.98 Å². The third-order valence-electron chi connectivity index (χ3n) is 11.3. The van der Waals surface area contributed by atoms with Gasteiger partial charge in [-0.2, -0.15) is 0 Å². The van der Waals surface area contributed by atoms with E-state index in [-0.39, 0.29) is 6.17 Å². The molecule has 4 heterocycles. The number of aromatic nitrogens is 1. The van der Waals surface area contributed by atoms with Crippen molar-refractivity contribution in [3.8, 4) is 16.8 Å². The standard InChI is InChI=1S/C51H32N4S2/c1-3-14-31(15-4-1)49-52-50(32-16-5-2-6-17-32)54-51(53-49)40-24-12-22-38-37-21-11-20-34(46(37)57-47(38)40)33-28-29-45-41(30-33)39-23-13-27-44(48(39)56-45)55-42-25-9-7-18-35(42)36-19-8-10-26-43(36)55/h1-30,51H,(H,52,53,54). The zero-order chi connectivity index (χ0) is 37.5. The Morgan fingerprint density at radius 1 is 0.456 bits per heavy atom. The van der Waals surface area contributed by atoms with Gasteiger partial charge in [-0.1, -0.05) is 152 Å². The summed E-state index contributed by atoms with van der Waals surface area (Å²) in [7, 11) is 0. The Kier molecular flexibility index (Phi) is 7.30. The van der Waals surface area contributed by atoms with Crippen LogP contribution in [-0.4, -0.2) is 16.2 Å².